The fourth-order valence-electron chi connectivity index (χ4n) is 6.64. The summed E-state index contributed by atoms with van der Waals surface area (Å²) in [5, 5.41) is 11.4. The highest BCUT2D eigenvalue weighted by atomic mass is 16.7. The van der Waals surface area contributed by atoms with Crippen molar-refractivity contribution in [2.45, 2.75) is 18.5 Å². The molecule has 0 unspecified atom stereocenters. The molecular formula is C33H32N4O9. The summed E-state index contributed by atoms with van der Waals surface area (Å²) in [7, 11) is 6.23. The van der Waals surface area contributed by atoms with E-state index in [1.165, 1.54) is 7.11 Å². The number of carbonyl (C=O) groups excluding carboxylic acids is 2. The Bertz CT molecular complexity index is 1780. The first-order valence-corrected chi connectivity index (χ1v) is 14.7. The molecule has 7 rings (SSSR count). The Morgan fingerprint density at radius 1 is 0.913 bits per heavy atom. The predicted molar refractivity (Wildman–Crippen MR) is 161 cm³/mol. The number of amides is 1. The number of rotatable bonds is 9. The van der Waals surface area contributed by atoms with E-state index in [0.717, 1.165) is 28.0 Å². The van der Waals surface area contributed by atoms with Crippen LogP contribution in [0.5, 0.6) is 34.5 Å². The number of hydrogen-bond acceptors (Lipinski definition) is 11. The molecule has 13 heteroatoms. The van der Waals surface area contributed by atoms with E-state index in [-0.39, 0.29) is 25.1 Å². The van der Waals surface area contributed by atoms with Crippen LogP contribution in [0.15, 0.2) is 54.7 Å². The zero-order valence-electron chi connectivity index (χ0n) is 25.6. The topological polar surface area (TPSA) is 141 Å². The monoisotopic (exact) mass is 628 g/mol. The van der Waals surface area contributed by atoms with E-state index in [0.29, 0.717) is 35.3 Å². The number of benzene rings is 3. The summed E-state index contributed by atoms with van der Waals surface area (Å²) in [4.78, 5) is 27.2. The van der Waals surface area contributed by atoms with Crippen molar-refractivity contribution in [3.05, 3.63) is 82.7 Å². The first kappa shape index (κ1) is 29.3. The Morgan fingerprint density at radius 3 is 2.26 bits per heavy atom. The Hall–Kier alpha value is -5.46. The average molecular weight is 629 g/mol. The maximum absolute atomic E-state index is 13.7. The van der Waals surface area contributed by atoms with E-state index in [2.05, 4.69) is 15.6 Å². The van der Waals surface area contributed by atoms with Crippen LogP contribution < -0.4 is 33.7 Å². The van der Waals surface area contributed by atoms with Crippen molar-refractivity contribution in [2.24, 2.45) is 11.8 Å². The summed E-state index contributed by atoms with van der Waals surface area (Å²) in [6, 6.07) is 14.4. The van der Waals surface area contributed by atoms with Crippen molar-refractivity contribution in [1.82, 2.24) is 20.3 Å². The largest absolute Gasteiger partial charge is 0.497 e. The molecule has 238 valence electrons. The zero-order valence-corrected chi connectivity index (χ0v) is 25.6. The number of ether oxygens (including phenoxy) is 7. The minimum atomic E-state index is -0.633. The molecule has 3 heterocycles. The van der Waals surface area contributed by atoms with Crippen LogP contribution >= 0.6 is 0 Å². The normalized spacial score (nSPS) is 20.7. The van der Waals surface area contributed by atoms with Crippen LogP contribution in [-0.4, -0.2) is 68.7 Å². The van der Waals surface area contributed by atoms with E-state index in [1.54, 1.807) is 32.2 Å². The van der Waals surface area contributed by atoms with Gasteiger partial charge in [0.25, 0.3) is 5.91 Å². The highest BCUT2D eigenvalue weighted by Crippen LogP contribution is 2.55. The fraction of sp³-hybridized carbons (Fsp3) is 0.333. The molecule has 1 aliphatic carbocycles. The van der Waals surface area contributed by atoms with Crippen LogP contribution in [-0.2, 0) is 16.1 Å². The van der Waals surface area contributed by atoms with Crippen molar-refractivity contribution in [1.29, 1.82) is 0 Å². The lowest BCUT2D eigenvalue weighted by Crippen LogP contribution is -2.43. The van der Waals surface area contributed by atoms with Crippen molar-refractivity contribution >= 4 is 11.9 Å². The summed E-state index contributed by atoms with van der Waals surface area (Å²) >= 11 is 0. The maximum atomic E-state index is 13.7. The van der Waals surface area contributed by atoms with Gasteiger partial charge >= 0.3 is 5.97 Å². The molecule has 13 nitrogen and oxygen atoms in total. The van der Waals surface area contributed by atoms with Crippen LogP contribution in [0.3, 0.4) is 0 Å². The fourth-order valence-corrected chi connectivity index (χ4v) is 6.64. The zero-order chi connectivity index (χ0) is 31.9. The van der Waals surface area contributed by atoms with E-state index >= 15 is 0 Å². The quantitative estimate of drug-likeness (QED) is 0.272. The van der Waals surface area contributed by atoms with Gasteiger partial charge in [0.2, 0.25) is 12.5 Å². The Morgan fingerprint density at radius 2 is 1.61 bits per heavy atom. The standard InChI is InChI=1S/C33H32N4O9/c1-40-19-7-5-17(6-8-19)13-37-14-23(35-36-37)32(38)34-30-21-12-25-24(45-16-46-25)11-20(21)28(29-22(30)15-44-33(29)39)18-9-26(41-2)31(43-4)27(10-18)42-3/h5-12,14,22,28-30H,13,15-16H2,1-4H3,(H,34,38)/t22-,28+,29-,30+/m0/s1. The summed E-state index contributed by atoms with van der Waals surface area (Å²) in [6.07, 6.45) is 1.59. The summed E-state index contributed by atoms with van der Waals surface area (Å²) < 4.78 is 40.8. The number of carbonyl (C=O) groups is 2. The van der Waals surface area contributed by atoms with Gasteiger partial charge in [-0.15, -0.1) is 5.10 Å². The van der Waals surface area contributed by atoms with E-state index in [9.17, 15) is 9.59 Å². The molecule has 1 aromatic heterocycles. The number of fused-ring (bicyclic) bond motifs is 3. The highest BCUT2D eigenvalue weighted by molar-refractivity contribution is 5.92. The van der Waals surface area contributed by atoms with Crippen LogP contribution in [0.2, 0.25) is 0 Å². The summed E-state index contributed by atoms with van der Waals surface area (Å²) in [5.74, 6) is 0.889. The Kier molecular flexibility index (Phi) is 7.51. The second-order valence-corrected chi connectivity index (χ2v) is 11.2. The average Bonchev–Trinajstić information content (AvgIpc) is 3.84. The number of nitrogens with zero attached hydrogens (tertiary/aromatic N) is 3. The minimum Gasteiger partial charge on any atom is -0.497 e. The van der Waals surface area contributed by atoms with E-state index in [1.807, 2.05) is 48.5 Å². The smallest absolute Gasteiger partial charge is 0.310 e. The molecule has 2 aliphatic heterocycles. The molecule has 0 spiro atoms. The molecule has 1 saturated heterocycles. The molecule has 0 bridgehead atoms. The molecule has 46 heavy (non-hydrogen) atoms. The summed E-state index contributed by atoms with van der Waals surface area (Å²) in [6.45, 7) is 0.604. The van der Waals surface area contributed by atoms with Crippen LogP contribution in [0.1, 0.15) is 44.7 Å². The van der Waals surface area contributed by atoms with Gasteiger partial charge in [0, 0.05) is 11.8 Å². The predicted octanol–water partition coefficient (Wildman–Crippen LogP) is 3.50. The Labute approximate surface area is 264 Å². The number of cyclic esters (lactones) is 1. The van der Waals surface area contributed by atoms with E-state index in [4.69, 9.17) is 33.2 Å². The van der Waals surface area contributed by atoms with Gasteiger partial charge in [0.1, 0.15) is 5.75 Å². The number of esters is 1. The van der Waals surface area contributed by atoms with Gasteiger partial charge in [0.05, 0.1) is 59.7 Å². The molecular weight excluding hydrogens is 596 g/mol. The van der Waals surface area contributed by atoms with Gasteiger partial charge in [-0.3, -0.25) is 9.59 Å². The third kappa shape index (κ3) is 4.97. The molecule has 3 aromatic carbocycles. The number of nitrogens with one attached hydrogen (secondary N) is 1. The molecule has 1 N–H and O–H groups in total. The number of aromatic nitrogens is 3. The number of methoxy groups -OCH3 is 4. The van der Waals surface area contributed by atoms with Gasteiger partial charge in [-0.25, -0.2) is 4.68 Å². The third-order valence-corrected chi connectivity index (χ3v) is 8.79. The molecule has 4 aromatic rings. The second-order valence-electron chi connectivity index (χ2n) is 11.2. The molecule has 3 aliphatic rings. The molecule has 0 saturated carbocycles. The molecule has 0 radical (unpaired) electrons. The lowest BCUT2D eigenvalue weighted by Gasteiger charge is -2.39. The second kappa shape index (κ2) is 11.8. The highest BCUT2D eigenvalue weighted by Gasteiger charge is 2.53. The van der Waals surface area contributed by atoms with Gasteiger partial charge in [-0.2, -0.15) is 0 Å². The molecule has 1 amide bonds. The van der Waals surface area contributed by atoms with Crippen molar-refractivity contribution in [3.8, 4) is 34.5 Å². The number of hydrogen-bond donors (Lipinski definition) is 1. The summed E-state index contributed by atoms with van der Waals surface area (Å²) in [5.41, 5.74) is 3.44. The maximum Gasteiger partial charge on any atom is 0.310 e. The lowest BCUT2D eigenvalue weighted by atomic mass is 9.65. The first-order chi connectivity index (χ1) is 22.4. The minimum absolute atomic E-state index is 0.0658. The van der Waals surface area contributed by atoms with Crippen LogP contribution in [0.4, 0.5) is 0 Å². The molecule has 1 fully saturated rings. The first-order valence-electron chi connectivity index (χ1n) is 14.7. The van der Waals surface area contributed by atoms with Gasteiger partial charge in [0.15, 0.2) is 28.7 Å². The molecule has 4 atom stereocenters. The van der Waals surface area contributed by atoms with Crippen molar-refractivity contribution in [2.75, 3.05) is 41.8 Å². The van der Waals surface area contributed by atoms with Gasteiger partial charge in [-0.1, -0.05) is 17.3 Å². The van der Waals surface area contributed by atoms with Gasteiger partial charge in [-0.05, 0) is 58.7 Å². The van der Waals surface area contributed by atoms with Crippen molar-refractivity contribution < 1.29 is 42.7 Å². The Balaban J connectivity index is 1.25. The van der Waals surface area contributed by atoms with Crippen LogP contribution in [0, 0.1) is 11.8 Å². The van der Waals surface area contributed by atoms with Gasteiger partial charge < -0.3 is 38.5 Å². The van der Waals surface area contributed by atoms with Crippen LogP contribution in [0.25, 0.3) is 0 Å². The third-order valence-electron chi connectivity index (χ3n) is 8.79. The van der Waals surface area contributed by atoms with Crippen molar-refractivity contribution in [3.63, 3.8) is 0 Å². The van der Waals surface area contributed by atoms with E-state index < -0.39 is 29.7 Å². The lowest BCUT2D eigenvalue weighted by molar-refractivity contribution is -0.141. The SMILES string of the molecule is COc1ccc(Cn2cc(C(=O)N[C@@H]3c4cc5c(cc4[C@@H](c4cc(OC)c(OC)c(OC)c4)[C@H]4C(=O)OC[C@@H]43)OCO5)nn2)cc1.